The summed E-state index contributed by atoms with van der Waals surface area (Å²) in [5.41, 5.74) is 2.70. The zero-order valence-corrected chi connectivity index (χ0v) is 10.8. The van der Waals surface area contributed by atoms with Gasteiger partial charge in [-0.3, -0.25) is 4.90 Å². The predicted molar refractivity (Wildman–Crippen MR) is 74.5 cm³/mol. The van der Waals surface area contributed by atoms with E-state index in [2.05, 4.69) is 17.0 Å². The Kier molecular flexibility index (Phi) is 3.37. The van der Waals surface area contributed by atoms with Crippen molar-refractivity contribution in [1.82, 2.24) is 4.90 Å². The summed E-state index contributed by atoms with van der Waals surface area (Å²) >= 11 is 0. The second kappa shape index (κ2) is 5.15. The molecule has 1 aliphatic carbocycles. The van der Waals surface area contributed by atoms with Crippen molar-refractivity contribution in [2.75, 3.05) is 13.1 Å². The number of phenolic OH excluding ortho intramolecular Hbond substituents is 1. The minimum Gasteiger partial charge on any atom is -0.508 e. The molecule has 1 unspecified atom stereocenters. The van der Waals surface area contributed by atoms with Gasteiger partial charge in [-0.2, -0.15) is 0 Å². The molecule has 96 valence electrons. The highest BCUT2D eigenvalue weighted by Gasteiger charge is 2.28. The van der Waals surface area contributed by atoms with Crippen LogP contribution in [0.5, 0.6) is 5.75 Å². The molecule has 2 heteroatoms. The minimum absolute atomic E-state index is 0.362. The minimum atomic E-state index is 0.362. The molecule has 1 aromatic carbocycles. The van der Waals surface area contributed by atoms with Gasteiger partial charge in [0, 0.05) is 6.04 Å². The van der Waals surface area contributed by atoms with Gasteiger partial charge >= 0.3 is 0 Å². The molecule has 1 atom stereocenters. The second-order valence-electron chi connectivity index (χ2n) is 5.47. The summed E-state index contributed by atoms with van der Waals surface area (Å²) in [5.74, 6) is 0.362. The van der Waals surface area contributed by atoms with Gasteiger partial charge in [0.25, 0.3) is 0 Å². The topological polar surface area (TPSA) is 23.5 Å². The molecule has 1 N–H and O–H groups in total. The summed E-state index contributed by atoms with van der Waals surface area (Å²) in [6, 6.07) is 8.25. The van der Waals surface area contributed by atoms with Crippen LogP contribution in [0, 0.1) is 0 Å². The quantitative estimate of drug-likeness (QED) is 0.860. The lowest BCUT2D eigenvalue weighted by molar-refractivity contribution is 0.121. The number of rotatable bonds is 2. The lowest BCUT2D eigenvalue weighted by atomic mass is 9.86. The number of phenols is 1. The fourth-order valence-corrected chi connectivity index (χ4v) is 3.09. The molecule has 1 saturated heterocycles. The first-order chi connectivity index (χ1) is 8.83. The Balaban J connectivity index is 1.82. The van der Waals surface area contributed by atoms with E-state index in [9.17, 15) is 5.11 Å². The van der Waals surface area contributed by atoms with E-state index in [1.807, 2.05) is 12.1 Å². The van der Waals surface area contributed by atoms with Gasteiger partial charge in [0.05, 0.1) is 0 Å². The van der Waals surface area contributed by atoms with Crippen LogP contribution < -0.4 is 0 Å². The van der Waals surface area contributed by atoms with Crippen molar-refractivity contribution >= 4 is 6.08 Å². The highest BCUT2D eigenvalue weighted by Crippen LogP contribution is 2.32. The van der Waals surface area contributed by atoms with Crippen LogP contribution in [0.1, 0.15) is 37.7 Å². The van der Waals surface area contributed by atoms with Crippen molar-refractivity contribution in [2.45, 2.75) is 38.1 Å². The van der Waals surface area contributed by atoms with Crippen molar-refractivity contribution in [3.63, 3.8) is 0 Å². The van der Waals surface area contributed by atoms with E-state index < -0.39 is 0 Å². The third-order valence-corrected chi connectivity index (χ3v) is 4.17. The summed E-state index contributed by atoms with van der Waals surface area (Å²) in [5, 5.41) is 9.54. The van der Waals surface area contributed by atoms with Gasteiger partial charge in [0.15, 0.2) is 0 Å². The van der Waals surface area contributed by atoms with Gasteiger partial charge in [-0.15, -0.1) is 0 Å². The predicted octanol–water partition coefficient (Wildman–Crippen LogP) is 3.42. The highest BCUT2D eigenvalue weighted by molar-refractivity contribution is 5.56. The summed E-state index contributed by atoms with van der Waals surface area (Å²) in [7, 11) is 0. The maximum atomic E-state index is 9.54. The summed E-state index contributed by atoms with van der Waals surface area (Å²) in [6.45, 7) is 2.53. The SMILES string of the molecule is Oc1cccc(/C=C2\CCCCC2N2CCC2)c1. The number of hydrogen-bond acceptors (Lipinski definition) is 2. The molecule has 0 spiro atoms. The van der Waals surface area contributed by atoms with E-state index in [-0.39, 0.29) is 0 Å². The molecular weight excluding hydrogens is 222 g/mol. The van der Waals surface area contributed by atoms with E-state index in [0.717, 1.165) is 5.56 Å². The Morgan fingerprint density at radius 1 is 1.17 bits per heavy atom. The molecule has 2 aliphatic rings. The smallest absolute Gasteiger partial charge is 0.116 e. The molecule has 0 bridgehead atoms. The first-order valence-electron chi connectivity index (χ1n) is 7.06. The highest BCUT2D eigenvalue weighted by atomic mass is 16.3. The molecule has 1 heterocycles. The van der Waals surface area contributed by atoms with Crippen molar-refractivity contribution < 1.29 is 5.11 Å². The molecule has 3 rings (SSSR count). The lowest BCUT2D eigenvalue weighted by Crippen LogP contribution is -2.46. The third kappa shape index (κ3) is 2.44. The maximum absolute atomic E-state index is 9.54. The van der Waals surface area contributed by atoms with E-state index >= 15 is 0 Å². The first kappa shape index (κ1) is 11.8. The van der Waals surface area contributed by atoms with Gasteiger partial charge in [0.2, 0.25) is 0 Å². The Morgan fingerprint density at radius 3 is 2.78 bits per heavy atom. The van der Waals surface area contributed by atoms with Gasteiger partial charge in [-0.1, -0.05) is 30.2 Å². The molecule has 1 aromatic rings. The fourth-order valence-electron chi connectivity index (χ4n) is 3.09. The average Bonchev–Trinajstić information content (AvgIpc) is 2.29. The van der Waals surface area contributed by atoms with Crippen molar-refractivity contribution in [3.05, 3.63) is 35.4 Å². The number of hydrogen-bond donors (Lipinski definition) is 1. The standard InChI is InChI=1S/C16H21NO/c18-15-7-3-5-13(12-15)11-14-6-1-2-8-16(14)17-9-4-10-17/h3,5,7,11-12,16,18H,1-2,4,6,8-10H2/b14-11+. The van der Waals surface area contributed by atoms with Crippen LogP contribution >= 0.6 is 0 Å². The average molecular weight is 243 g/mol. The van der Waals surface area contributed by atoms with Gasteiger partial charge < -0.3 is 5.11 Å². The summed E-state index contributed by atoms with van der Waals surface area (Å²) in [6.07, 6.45) is 8.85. The van der Waals surface area contributed by atoms with Crippen molar-refractivity contribution in [3.8, 4) is 5.75 Å². The monoisotopic (exact) mass is 243 g/mol. The molecule has 0 amide bonds. The van der Waals surface area contributed by atoms with Crippen LogP contribution in [0.3, 0.4) is 0 Å². The fraction of sp³-hybridized carbons (Fsp3) is 0.500. The van der Waals surface area contributed by atoms with Crippen LogP contribution in [-0.2, 0) is 0 Å². The third-order valence-electron chi connectivity index (χ3n) is 4.17. The van der Waals surface area contributed by atoms with Crippen LogP contribution in [0.2, 0.25) is 0 Å². The van der Waals surface area contributed by atoms with Crippen LogP contribution in [0.15, 0.2) is 29.8 Å². The summed E-state index contributed by atoms with van der Waals surface area (Å²) < 4.78 is 0. The summed E-state index contributed by atoms with van der Waals surface area (Å²) in [4.78, 5) is 2.60. The van der Waals surface area contributed by atoms with Crippen molar-refractivity contribution in [1.29, 1.82) is 0 Å². The molecule has 0 radical (unpaired) electrons. The first-order valence-corrected chi connectivity index (χ1v) is 7.06. The Hall–Kier alpha value is -1.28. The normalized spacial score (nSPS) is 27.1. The van der Waals surface area contributed by atoms with Gasteiger partial charge in [-0.25, -0.2) is 0 Å². The Labute approximate surface area is 109 Å². The lowest BCUT2D eigenvalue weighted by Gasteiger charge is -2.42. The van der Waals surface area contributed by atoms with Crippen LogP contribution in [0.25, 0.3) is 6.08 Å². The van der Waals surface area contributed by atoms with E-state index in [1.54, 1.807) is 11.6 Å². The maximum Gasteiger partial charge on any atom is 0.116 e. The van der Waals surface area contributed by atoms with E-state index in [4.69, 9.17) is 0 Å². The number of likely N-dealkylation sites (tertiary alicyclic amines) is 1. The number of aromatic hydroxyl groups is 1. The van der Waals surface area contributed by atoms with Gasteiger partial charge in [-0.05, 0) is 56.5 Å². The molecule has 2 fully saturated rings. The molecule has 1 saturated carbocycles. The van der Waals surface area contributed by atoms with Gasteiger partial charge in [0.1, 0.15) is 5.75 Å². The molecule has 1 aliphatic heterocycles. The van der Waals surface area contributed by atoms with E-state index in [1.165, 1.54) is 45.2 Å². The number of nitrogens with zero attached hydrogens (tertiary/aromatic N) is 1. The molecule has 2 nitrogen and oxygen atoms in total. The van der Waals surface area contributed by atoms with Crippen LogP contribution in [-0.4, -0.2) is 29.1 Å². The zero-order chi connectivity index (χ0) is 12.4. The van der Waals surface area contributed by atoms with E-state index in [0.29, 0.717) is 11.8 Å². The van der Waals surface area contributed by atoms with Crippen LogP contribution in [0.4, 0.5) is 0 Å². The molecule has 18 heavy (non-hydrogen) atoms. The second-order valence-corrected chi connectivity index (χ2v) is 5.47. The Bertz CT molecular complexity index is 448. The number of benzene rings is 1. The van der Waals surface area contributed by atoms with Crippen molar-refractivity contribution in [2.24, 2.45) is 0 Å². The largest absolute Gasteiger partial charge is 0.508 e. The zero-order valence-electron chi connectivity index (χ0n) is 10.8. The molecular formula is C16H21NO. The Morgan fingerprint density at radius 2 is 2.06 bits per heavy atom. The molecule has 0 aromatic heterocycles.